The van der Waals surface area contributed by atoms with Crippen LogP contribution in [0.1, 0.15) is 33.4 Å². The first-order chi connectivity index (χ1) is 25.9. The summed E-state index contributed by atoms with van der Waals surface area (Å²) in [5.74, 6) is -0.00866. The zero-order valence-electron chi connectivity index (χ0n) is 31.3. The van der Waals surface area contributed by atoms with Crippen LogP contribution in [0.3, 0.4) is 0 Å². The molecule has 0 aliphatic rings. The van der Waals surface area contributed by atoms with Crippen molar-refractivity contribution in [1.29, 1.82) is 0 Å². The van der Waals surface area contributed by atoms with E-state index in [-0.39, 0.29) is 23.0 Å². The third kappa shape index (κ3) is 5.54. The number of fused-ring (bicyclic) bond motifs is 2. The summed E-state index contributed by atoms with van der Waals surface area (Å²) < 4.78 is 0. The zero-order chi connectivity index (χ0) is 38.0. The van der Waals surface area contributed by atoms with Crippen molar-refractivity contribution in [1.82, 2.24) is 0 Å². The van der Waals surface area contributed by atoms with Gasteiger partial charge in [0.1, 0.15) is 23.0 Å². The summed E-state index contributed by atoms with van der Waals surface area (Å²) in [6, 6.07) is 39.0. The smallest absolute Gasteiger partial charge is 0.132 e. The Morgan fingerprint density at radius 3 is 1.00 bits per heavy atom. The van der Waals surface area contributed by atoms with Crippen molar-refractivity contribution >= 4 is 21.5 Å². The van der Waals surface area contributed by atoms with Gasteiger partial charge >= 0.3 is 0 Å². The van der Waals surface area contributed by atoms with Crippen molar-refractivity contribution in [2.24, 2.45) is 0 Å². The highest BCUT2D eigenvalue weighted by Crippen LogP contribution is 2.54. The molecule has 4 nitrogen and oxygen atoms in total. The van der Waals surface area contributed by atoms with Gasteiger partial charge in [-0.15, -0.1) is 0 Å². The lowest BCUT2D eigenvalue weighted by atomic mass is 9.85. The lowest BCUT2D eigenvalue weighted by Gasteiger charge is -2.21. The summed E-state index contributed by atoms with van der Waals surface area (Å²) in [5, 5.41) is 52.2. The molecule has 0 heterocycles. The van der Waals surface area contributed by atoms with Gasteiger partial charge in [-0.25, -0.2) is 0 Å². The summed E-state index contributed by atoms with van der Waals surface area (Å²) in [6.07, 6.45) is 0. The Kier molecular flexibility index (Phi) is 8.42. The van der Waals surface area contributed by atoms with Gasteiger partial charge in [0.05, 0.1) is 0 Å². The van der Waals surface area contributed by atoms with Crippen molar-refractivity contribution in [3.63, 3.8) is 0 Å². The second-order valence-electron chi connectivity index (χ2n) is 14.7. The van der Waals surface area contributed by atoms with Gasteiger partial charge in [-0.3, -0.25) is 0 Å². The molecule has 4 heteroatoms. The molecule has 0 bridgehead atoms. The standard InChI is InChI=1S/C50H42O4/c1-27-21-29(3)43(30(4)22-27)39-19-11-17-37(47(39)51)41-25-33-13-7-9-15-35(33)45(49(41)53)46-36-16-10-8-14-34(36)26-42(50(46)54)38-18-12-20-40(48(38)52)44-31(5)23-28(2)24-32(44)6/h7-26,51-54H,1-6H3. The minimum atomic E-state index is -0.0695. The maximum Gasteiger partial charge on any atom is 0.132 e. The average molecular weight is 707 g/mol. The molecule has 4 N–H and O–H groups in total. The molecular weight excluding hydrogens is 665 g/mol. The molecule has 0 radical (unpaired) electrons. The maximum atomic E-state index is 12.5. The van der Waals surface area contributed by atoms with E-state index in [4.69, 9.17) is 0 Å². The van der Waals surface area contributed by atoms with Crippen molar-refractivity contribution in [3.8, 4) is 78.6 Å². The Labute approximate surface area is 315 Å². The molecule has 0 aliphatic heterocycles. The minimum Gasteiger partial charge on any atom is -0.507 e. The molecule has 0 spiro atoms. The number of phenols is 4. The molecule has 8 aromatic carbocycles. The van der Waals surface area contributed by atoms with Gasteiger partial charge in [0, 0.05) is 44.5 Å². The van der Waals surface area contributed by atoms with E-state index < -0.39 is 0 Å². The second kappa shape index (κ2) is 13.2. The lowest BCUT2D eigenvalue weighted by Crippen LogP contribution is -1.95. The molecule has 0 amide bonds. The number of hydrogen-bond acceptors (Lipinski definition) is 4. The van der Waals surface area contributed by atoms with Crippen molar-refractivity contribution in [3.05, 3.63) is 155 Å². The fourth-order valence-corrected chi connectivity index (χ4v) is 8.72. The van der Waals surface area contributed by atoms with E-state index in [2.05, 4.69) is 38.1 Å². The summed E-state index contributed by atoms with van der Waals surface area (Å²) in [4.78, 5) is 0. The van der Waals surface area contributed by atoms with Gasteiger partial charge in [-0.05, 0) is 109 Å². The molecule has 8 rings (SSSR count). The van der Waals surface area contributed by atoms with Gasteiger partial charge in [0.2, 0.25) is 0 Å². The first-order valence-electron chi connectivity index (χ1n) is 18.3. The minimum absolute atomic E-state index is 0.0651. The van der Waals surface area contributed by atoms with Gasteiger partial charge in [0.15, 0.2) is 0 Å². The van der Waals surface area contributed by atoms with Crippen molar-refractivity contribution in [2.75, 3.05) is 0 Å². The van der Waals surface area contributed by atoms with Crippen LogP contribution >= 0.6 is 0 Å². The SMILES string of the molecule is Cc1cc(C)c(-c2cccc(-c3cc4ccccc4c(-c4c(O)c(-c5cccc(-c6c(C)cc(C)cc6C)c5O)cc5ccccc45)c3O)c2O)c(C)c1. The molecule has 266 valence electrons. The van der Waals surface area contributed by atoms with Crippen molar-refractivity contribution < 1.29 is 20.4 Å². The monoisotopic (exact) mass is 706 g/mol. The highest BCUT2D eigenvalue weighted by molar-refractivity contribution is 6.14. The van der Waals surface area contributed by atoms with Gasteiger partial charge in [-0.2, -0.15) is 0 Å². The molecule has 0 saturated heterocycles. The Hall–Kier alpha value is -6.52. The summed E-state index contributed by atoms with van der Waals surface area (Å²) in [6.45, 7) is 12.3. The molecule has 0 aromatic heterocycles. The van der Waals surface area contributed by atoms with E-state index in [1.165, 1.54) is 0 Å². The lowest BCUT2D eigenvalue weighted by molar-refractivity contribution is 0.467. The number of para-hydroxylation sites is 2. The summed E-state index contributed by atoms with van der Waals surface area (Å²) >= 11 is 0. The third-order valence-corrected chi connectivity index (χ3v) is 10.8. The van der Waals surface area contributed by atoms with E-state index in [0.29, 0.717) is 44.5 Å². The van der Waals surface area contributed by atoms with Crippen LogP contribution in [0.15, 0.2) is 121 Å². The predicted octanol–water partition coefficient (Wildman–Crippen LogP) is 13.0. The molecule has 0 atom stereocenters. The summed E-state index contributed by atoms with van der Waals surface area (Å²) in [5.41, 5.74) is 12.5. The molecule has 54 heavy (non-hydrogen) atoms. The van der Waals surface area contributed by atoms with Crippen molar-refractivity contribution in [2.45, 2.75) is 41.5 Å². The molecule has 0 saturated carbocycles. The second-order valence-corrected chi connectivity index (χ2v) is 14.7. The number of rotatable bonds is 5. The van der Waals surface area contributed by atoms with Gasteiger partial charge in [0.25, 0.3) is 0 Å². The number of aryl methyl sites for hydroxylation is 6. The summed E-state index contributed by atoms with van der Waals surface area (Å²) in [7, 11) is 0. The topological polar surface area (TPSA) is 80.9 Å². The highest BCUT2D eigenvalue weighted by Gasteiger charge is 2.26. The number of benzene rings is 8. The fourth-order valence-electron chi connectivity index (χ4n) is 8.72. The van der Waals surface area contributed by atoms with Crippen LogP contribution in [0.25, 0.3) is 77.2 Å². The normalized spacial score (nSPS) is 11.4. The molecule has 0 aliphatic carbocycles. The molecule has 8 aromatic rings. The molecule has 0 fully saturated rings. The van der Waals surface area contributed by atoms with Crippen LogP contribution in [0.4, 0.5) is 0 Å². The Bertz CT molecular complexity index is 2590. The number of hydrogen-bond donors (Lipinski definition) is 4. The Balaban J connectivity index is 1.42. The maximum absolute atomic E-state index is 12.5. The average Bonchev–Trinajstić information content (AvgIpc) is 3.12. The zero-order valence-corrected chi connectivity index (χ0v) is 31.3. The Morgan fingerprint density at radius 2 is 0.630 bits per heavy atom. The van der Waals surface area contributed by atoms with Crippen LogP contribution in [0.5, 0.6) is 23.0 Å². The fraction of sp³-hybridized carbons (Fsp3) is 0.120. The Morgan fingerprint density at radius 1 is 0.296 bits per heavy atom. The van der Waals surface area contributed by atoms with Crippen LogP contribution in [-0.2, 0) is 0 Å². The van der Waals surface area contributed by atoms with E-state index in [1.807, 2.05) is 125 Å². The van der Waals surface area contributed by atoms with Crippen LogP contribution in [-0.4, -0.2) is 20.4 Å². The van der Waals surface area contributed by atoms with Crippen LogP contribution in [0, 0.1) is 41.5 Å². The first kappa shape index (κ1) is 34.6. The van der Waals surface area contributed by atoms with Gasteiger partial charge in [-0.1, -0.05) is 120 Å². The van der Waals surface area contributed by atoms with E-state index in [0.717, 1.165) is 66.1 Å². The van der Waals surface area contributed by atoms with Gasteiger partial charge < -0.3 is 20.4 Å². The predicted molar refractivity (Wildman–Crippen MR) is 224 cm³/mol. The molecular formula is C50H42O4. The highest BCUT2D eigenvalue weighted by atomic mass is 16.3. The largest absolute Gasteiger partial charge is 0.507 e. The van der Waals surface area contributed by atoms with E-state index >= 15 is 0 Å². The van der Waals surface area contributed by atoms with E-state index in [9.17, 15) is 20.4 Å². The van der Waals surface area contributed by atoms with Crippen LogP contribution < -0.4 is 0 Å². The number of phenolic OH excluding ortho intramolecular Hbond substituents is 4. The van der Waals surface area contributed by atoms with Crippen LogP contribution in [0.2, 0.25) is 0 Å². The quantitative estimate of drug-likeness (QED) is 0.144. The van der Waals surface area contributed by atoms with E-state index in [1.54, 1.807) is 0 Å². The first-order valence-corrected chi connectivity index (χ1v) is 18.3. The third-order valence-electron chi connectivity index (χ3n) is 10.8. The molecule has 0 unspecified atom stereocenters. The number of aromatic hydroxyl groups is 4.